The molecule has 0 unspecified atom stereocenters. The number of likely N-dealkylation sites (tertiary alicyclic amines) is 1. The van der Waals surface area contributed by atoms with Crippen LogP contribution in [0.3, 0.4) is 0 Å². The molecule has 1 fully saturated rings. The Morgan fingerprint density at radius 2 is 2.04 bits per heavy atom. The van der Waals surface area contributed by atoms with Gasteiger partial charge in [-0.2, -0.15) is 0 Å². The van der Waals surface area contributed by atoms with Crippen molar-refractivity contribution in [3.63, 3.8) is 0 Å². The summed E-state index contributed by atoms with van der Waals surface area (Å²) in [5.74, 6) is 0.908. The maximum absolute atomic E-state index is 12.3. The van der Waals surface area contributed by atoms with E-state index in [0.29, 0.717) is 18.4 Å². The van der Waals surface area contributed by atoms with Gasteiger partial charge in [0.2, 0.25) is 11.9 Å². The lowest BCUT2D eigenvalue weighted by molar-refractivity contribution is -0.132. The highest BCUT2D eigenvalue weighted by molar-refractivity contribution is 7.09. The zero-order valence-electron chi connectivity index (χ0n) is 13.2. The van der Waals surface area contributed by atoms with Crippen LogP contribution in [-0.2, 0) is 11.2 Å². The van der Waals surface area contributed by atoms with E-state index in [0.717, 1.165) is 38.0 Å². The molecule has 6 nitrogen and oxygen atoms in total. The summed E-state index contributed by atoms with van der Waals surface area (Å²) >= 11 is 1.63. The van der Waals surface area contributed by atoms with Gasteiger partial charge in [-0.1, -0.05) is 0 Å². The summed E-state index contributed by atoms with van der Waals surface area (Å²) in [6.45, 7) is 3.59. The monoisotopic (exact) mass is 331 g/mol. The molecule has 1 N–H and O–H groups in total. The molecule has 0 aliphatic carbocycles. The van der Waals surface area contributed by atoms with Gasteiger partial charge in [0.05, 0.1) is 11.2 Å². The molecule has 2 aromatic heterocycles. The average molecular weight is 331 g/mol. The van der Waals surface area contributed by atoms with Crippen molar-refractivity contribution in [3.8, 4) is 0 Å². The molecule has 0 atom stereocenters. The quantitative estimate of drug-likeness (QED) is 0.910. The first kappa shape index (κ1) is 15.9. The third-order valence-corrected chi connectivity index (χ3v) is 5.15. The molecule has 3 rings (SSSR count). The van der Waals surface area contributed by atoms with Crippen LogP contribution in [0.2, 0.25) is 0 Å². The first-order valence-corrected chi connectivity index (χ1v) is 8.80. The zero-order valence-corrected chi connectivity index (χ0v) is 14.1. The molecule has 1 aliphatic heterocycles. The van der Waals surface area contributed by atoms with Crippen molar-refractivity contribution in [2.24, 2.45) is 0 Å². The minimum atomic E-state index is 0.243. The topological polar surface area (TPSA) is 71.0 Å². The van der Waals surface area contributed by atoms with Crippen LogP contribution < -0.4 is 5.32 Å². The molecule has 0 bridgehead atoms. The highest BCUT2D eigenvalue weighted by Gasteiger charge is 2.23. The number of aryl methyl sites for hydroxylation is 2. The standard InChI is InChI=1S/C16H21N5OS/c1-12-14(23-11-19-12)3-4-15(22)21-9-5-13(6-10-21)20-16-17-7-2-8-18-16/h2,7-8,11,13H,3-6,9-10H2,1H3,(H,17,18,20). The van der Waals surface area contributed by atoms with E-state index in [1.54, 1.807) is 29.8 Å². The summed E-state index contributed by atoms with van der Waals surface area (Å²) in [5, 5.41) is 3.34. The Hall–Kier alpha value is -2.02. The first-order valence-electron chi connectivity index (χ1n) is 7.92. The number of nitrogens with one attached hydrogen (secondary N) is 1. The fraction of sp³-hybridized carbons (Fsp3) is 0.500. The predicted octanol–water partition coefficient (Wildman–Crippen LogP) is 2.28. The maximum Gasteiger partial charge on any atom is 0.222 e. The minimum Gasteiger partial charge on any atom is -0.351 e. The number of piperidine rings is 1. The van der Waals surface area contributed by atoms with Gasteiger partial charge in [0, 0.05) is 42.8 Å². The summed E-state index contributed by atoms with van der Waals surface area (Å²) in [6.07, 6.45) is 6.70. The summed E-state index contributed by atoms with van der Waals surface area (Å²) < 4.78 is 0. The SMILES string of the molecule is Cc1ncsc1CCC(=O)N1CCC(Nc2ncccn2)CC1. The Morgan fingerprint density at radius 3 is 2.70 bits per heavy atom. The number of anilines is 1. The number of thiazole rings is 1. The summed E-state index contributed by atoms with van der Waals surface area (Å²) in [5.41, 5.74) is 2.89. The van der Waals surface area contributed by atoms with Gasteiger partial charge in [0.15, 0.2) is 0 Å². The Morgan fingerprint density at radius 1 is 1.30 bits per heavy atom. The fourth-order valence-electron chi connectivity index (χ4n) is 2.77. The number of hydrogen-bond donors (Lipinski definition) is 1. The highest BCUT2D eigenvalue weighted by atomic mass is 32.1. The molecule has 122 valence electrons. The number of rotatable bonds is 5. The first-order chi connectivity index (χ1) is 11.2. The van der Waals surface area contributed by atoms with Crippen LogP contribution >= 0.6 is 11.3 Å². The van der Waals surface area contributed by atoms with Crippen molar-refractivity contribution in [1.29, 1.82) is 0 Å². The second kappa shape index (κ2) is 7.50. The molecule has 2 aromatic rings. The molecule has 1 aliphatic rings. The Balaban J connectivity index is 1.43. The maximum atomic E-state index is 12.3. The molecule has 1 amide bonds. The number of carbonyl (C=O) groups is 1. The second-order valence-electron chi connectivity index (χ2n) is 5.73. The number of aromatic nitrogens is 3. The van der Waals surface area contributed by atoms with E-state index in [1.807, 2.05) is 17.3 Å². The van der Waals surface area contributed by atoms with E-state index < -0.39 is 0 Å². The van der Waals surface area contributed by atoms with Crippen molar-refractivity contribution in [3.05, 3.63) is 34.5 Å². The predicted molar refractivity (Wildman–Crippen MR) is 90.4 cm³/mol. The molecule has 7 heteroatoms. The van der Waals surface area contributed by atoms with E-state index in [9.17, 15) is 4.79 Å². The molecule has 0 radical (unpaired) electrons. The van der Waals surface area contributed by atoms with Crippen LogP contribution in [0, 0.1) is 6.92 Å². The van der Waals surface area contributed by atoms with Crippen LogP contribution in [0.1, 0.15) is 29.8 Å². The van der Waals surface area contributed by atoms with E-state index >= 15 is 0 Å². The lowest BCUT2D eigenvalue weighted by Crippen LogP contribution is -2.42. The number of hydrogen-bond acceptors (Lipinski definition) is 6. The van der Waals surface area contributed by atoms with Crippen molar-refractivity contribution in [1.82, 2.24) is 19.9 Å². The molecule has 23 heavy (non-hydrogen) atoms. The smallest absolute Gasteiger partial charge is 0.222 e. The van der Waals surface area contributed by atoms with Crippen LogP contribution in [0.15, 0.2) is 24.0 Å². The van der Waals surface area contributed by atoms with Crippen molar-refractivity contribution in [2.75, 3.05) is 18.4 Å². The van der Waals surface area contributed by atoms with Gasteiger partial charge >= 0.3 is 0 Å². The largest absolute Gasteiger partial charge is 0.351 e. The molecule has 3 heterocycles. The highest BCUT2D eigenvalue weighted by Crippen LogP contribution is 2.18. The van der Waals surface area contributed by atoms with Crippen LogP contribution in [0.5, 0.6) is 0 Å². The van der Waals surface area contributed by atoms with Crippen LogP contribution in [0.4, 0.5) is 5.95 Å². The lowest BCUT2D eigenvalue weighted by atomic mass is 10.0. The van der Waals surface area contributed by atoms with E-state index in [2.05, 4.69) is 20.3 Å². The molecule has 1 saturated heterocycles. The Labute approximate surface area is 140 Å². The van der Waals surface area contributed by atoms with Gasteiger partial charge in [-0.25, -0.2) is 15.0 Å². The summed E-state index contributed by atoms with van der Waals surface area (Å²) in [4.78, 5) is 28.1. The average Bonchev–Trinajstić information content (AvgIpc) is 2.99. The van der Waals surface area contributed by atoms with Crippen molar-refractivity contribution >= 4 is 23.2 Å². The molecular formula is C16H21N5OS. The minimum absolute atomic E-state index is 0.243. The summed E-state index contributed by atoms with van der Waals surface area (Å²) in [6, 6.07) is 2.14. The molecule has 0 saturated carbocycles. The number of nitrogens with zero attached hydrogens (tertiary/aromatic N) is 4. The molecule has 0 spiro atoms. The number of carbonyl (C=O) groups excluding carboxylic acids is 1. The van der Waals surface area contributed by atoms with Gasteiger partial charge in [0.25, 0.3) is 0 Å². The lowest BCUT2D eigenvalue weighted by Gasteiger charge is -2.32. The van der Waals surface area contributed by atoms with Gasteiger partial charge in [-0.05, 0) is 32.3 Å². The number of amides is 1. The van der Waals surface area contributed by atoms with Crippen molar-refractivity contribution in [2.45, 2.75) is 38.6 Å². The van der Waals surface area contributed by atoms with Crippen LogP contribution in [0.25, 0.3) is 0 Å². The molecule has 0 aromatic carbocycles. The van der Waals surface area contributed by atoms with Gasteiger partial charge in [-0.3, -0.25) is 4.79 Å². The Bertz CT molecular complexity index is 637. The normalized spacial score (nSPS) is 15.6. The third kappa shape index (κ3) is 4.25. The van der Waals surface area contributed by atoms with Gasteiger partial charge < -0.3 is 10.2 Å². The van der Waals surface area contributed by atoms with Crippen LogP contribution in [-0.4, -0.2) is 44.9 Å². The van der Waals surface area contributed by atoms with Gasteiger partial charge in [0.1, 0.15) is 0 Å². The van der Waals surface area contributed by atoms with E-state index in [4.69, 9.17) is 0 Å². The van der Waals surface area contributed by atoms with E-state index in [1.165, 1.54) is 4.88 Å². The van der Waals surface area contributed by atoms with Gasteiger partial charge in [-0.15, -0.1) is 11.3 Å². The van der Waals surface area contributed by atoms with Crippen molar-refractivity contribution < 1.29 is 4.79 Å². The second-order valence-corrected chi connectivity index (χ2v) is 6.67. The van der Waals surface area contributed by atoms with E-state index in [-0.39, 0.29) is 5.91 Å². The Kier molecular flexibility index (Phi) is 5.17. The zero-order chi connectivity index (χ0) is 16.1. The fourth-order valence-corrected chi connectivity index (χ4v) is 3.56. The third-order valence-electron chi connectivity index (χ3n) is 4.16. The molecular weight excluding hydrogens is 310 g/mol. The summed E-state index contributed by atoms with van der Waals surface area (Å²) in [7, 11) is 0.